The van der Waals surface area contributed by atoms with Crippen LogP contribution in [0.15, 0.2) is 18.3 Å². The maximum absolute atomic E-state index is 13.2. The predicted molar refractivity (Wildman–Crippen MR) is 111 cm³/mol. The predicted octanol–water partition coefficient (Wildman–Crippen LogP) is 3.24. The first-order valence-corrected chi connectivity index (χ1v) is 10.5. The van der Waals surface area contributed by atoms with E-state index < -0.39 is 5.79 Å². The van der Waals surface area contributed by atoms with Gasteiger partial charge in [-0.2, -0.15) is 0 Å². The summed E-state index contributed by atoms with van der Waals surface area (Å²) in [5.41, 5.74) is 3.92. The third kappa shape index (κ3) is 2.99. The Balaban J connectivity index is 1.47. The number of fused-ring (bicyclic) bond motifs is 2. The number of imidazole rings is 1. The SMILES string of the molecule is COc1cc2c(c(C3CC3)c1)C(=O)NC(C)(N1CCn3c(cnc3C(C)C)C1)N2. The smallest absolute Gasteiger partial charge is 0.256 e. The zero-order valence-electron chi connectivity index (χ0n) is 17.6. The number of hydrogen-bond acceptors (Lipinski definition) is 5. The average molecular weight is 396 g/mol. The molecule has 5 rings (SSSR count). The van der Waals surface area contributed by atoms with E-state index in [2.05, 4.69) is 38.9 Å². The Hall–Kier alpha value is -2.54. The first-order chi connectivity index (χ1) is 13.9. The van der Waals surface area contributed by atoms with Crippen molar-refractivity contribution in [3.8, 4) is 5.75 Å². The van der Waals surface area contributed by atoms with Crippen molar-refractivity contribution >= 4 is 11.6 Å². The molecule has 0 spiro atoms. The van der Waals surface area contributed by atoms with Crippen LogP contribution >= 0.6 is 0 Å². The summed E-state index contributed by atoms with van der Waals surface area (Å²) in [7, 11) is 1.68. The molecule has 154 valence electrons. The molecule has 2 aliphatic heterocycles. The normalized spacial score (nSPS) is 24.0. The minimum absolute atomic E-state index is 0.00671. The number of carbonyl (C=O) groups excluding carboxylic acids is 1. The molecule has 1 fully saturated rings. The number of rotatable bonds is 4. The van der Waals surface area contributed by atoms with Gasteiger partial charge in [0.15, 0.2) is 5.79 Å². The molecule has 0 saturated heterocycles. The lowest BCUT2D eigenvalue weighted by Crippen LogP contribution is -2.66. The second-order valence-electron chi connectivity index (χ2n) is 8.90. The number of anilines is 1. The Morgan fingerprint density at radius 1 is 1.24 bits per heavy atom. The summed E-state index contributed by atoms with van der Waals surface area (Å²) >= 11 is 0. The van der Waals surface area contributed by atoms with E-state index in [0.29, 0.717) is 11.8 Å². The zero-order chi connectivity index (χ0) is 20.3. The van der Waals surface area contributed by atoms with Crippen molar-refractivity contribution in [2.24, 2.45) is 0 Å². The highest BCUT2D eigenvalue weighted by molar-refractivity contribution is 6.04. The van der Waals surface area contributed by atoms with E-state index in [1.807, 2.05) is 25.3 Å². The van der Waals surface area contributed by atoms with Gasteiger partial charge in [0, 0.05) is 37.8 Å². The van der Waals surface area contributed by atoms with E-state index in [9.17, 15) is 4.79 Å². The van der Waals surface area contributed by atoms with Gasteiger partial charge in [-0.3, -0.25) is 9.69 Å². The van der Waals surface area contributed by atoms with Gasteiger partial charge in [-0.25, -0.2) is 4.98 Å². The van der Waals surface area contributed by atoms with Gasteiger partial charge in [0.05, 0.1) is 24.1 Å². The Bertz CT molecular complexity index is 978. The molecule has 1 saturated carbocycles. The van der Waals surface area contributed by atoms with Gasteiger partial charge in [0.2, 0.25) is 0 Å². The van der Waals surface area contributed by atoms with Crippen molar-refractivity contribution < 1.29 is 9.53 Å². The minimum atomic E-state index is -0.662. The third-order valence-electron chi connectivity index (χ3n) is 6.42. The lowest BCUT2D eigenvalue weighted by molar-refractivity contribution is 0.0504. The van der Waals surface area contributed by atoms with E-state index >= 15 is 0 Å². The molecule has 1 amide bonds. The van der Waals surface area contributed by atoms with E-state index in [0.717, 1.165) is 60.9 Å². The van der Waals surface area contributed by atoms with Crippen LogP contribution in [0.3, 0.4) is 0 Å². The average Bonchev–Trinajstić information content (AvgIpc) is 3.44. The molecule has 1 aromatic heterocycles. The number of benzene rings is 1. The summed E-state index contributed by atoms with van der Waals surface area (Å²) in [6, 6.07) is 3.97. The van der Waals surface area contributed by atoms with Crippen molar-refractivity contribution in [1.29, 1.82) is 0 Å². The molecule has 2 N–H and O–H groups in total. The van der Waals surface area contributed by atoms with Crippen molar-refractivity contribution in [2.45, 2.75) is 64.3 Å². The molecule has 3 heterocycles. The van der Waals surface area contributed by atoms with Gasteiger partial charge in [0.1, 0.15) is 11.6 Å². The van der Waals surface area contributed by atoms with Gasteiger partial charge < -0.3 is 19.9 Å². The molecule has 1 aliphatic carbocycles. The zero-order valence-corrected chi connectivity index (χ0v) is 17.6. The number of methoxy groups -OCH3 is 1. The maximum atomic E-state index is 13.2. The number of amides is 1. The van der Waals surface area contributed by atoms with Crippen molar-refractivity contribution in [2.75, 3.05) is 19.0 Å². The monoisotopic (exact) mass is 395 g/mol. The Morgan fingerprint density at radius 3 is 2.72 bits per heavy atom. The van der Waals surface area contributed by atoms with E-state index in [-0.39, 0.29) is 5.91 Å². The number of carbonyl (C=O) groups is 1. The molecular weight excluding hydrogens is 366 g/mol. The highest BCUT2D eigenvalue weighted by Gasteiger charge is 2.42. The van der Waals surface area contributed by atoms with Crippen molar-refractivity contribution in [1.82, 2.24) is 19.8 Å². The summed E-state index contributed by atoms with van der Waals surface area (Å²) in [4.78, 5) is 20.1. The van der Waals surface area contributed by atoms with Gasteiger partial charge in [-0.15, -0.1) is 0 Å². The van der Waals surface area contributed by atoms with Crippen LogP contribution in [0.25, 0.3) is 0 Å². The topological polar surface area (TPSA) is 71.4 Å². The van der Waals surface area contributed by atoms with Crippen LogP contribution in [0.5, 0.6) is 5.75 Å². The Kier molecular flexibility index (Phi) is 4.13. The fourth-order valence-electron chi connectivity index (χ4n) is 4.71. The Morgan fingerprint density at radius 2 is 2.03 bits per heavy atom. The number of aromatic nitrogens is 2. The quantitative estimate of drug-likeness (QED) is 0.832. The van der Waals surface area contributed by atoms with Crippen LogP contribution < -0.4 is 15.4 Å². The summed E-state index contributed by atoms with van der Waals surface area (Å²) < 4.78 is 7.84. The number of nitrogens with zero attached hydrogens (tertiary/aromatic N) is 3. The summed E-state index contributed by atoms with van der Waals surface area (Å²) in [6.07, 6.45) is 4.24. The van der Waals surface area contributed by atoms with Crippen LogP contribution in [0.1, 0.15) is 72.9 Å². The molecule has 1 atom stereocenters. The first kappa shape index (κ1) is 18.5. The molecule has 1 unspecified atom stereocenters. The molecule has 29 heavy (non-hydrogen) atoms. The van der Waals surface area contributed by atoms with Crippen LogP contribution in [-0.2, 0) is 13.1 Å². The Labute approximate surface area is 171 Å². The second kappa shape index (κ2) is 6.49. The van der Waals surface area contributed by atoms with E-state index in [1.165, 1.54) is 5.69 Å². The van der Waals surface area contributed by atoms with Gasteiger partial charge in [-0.05, 0) is 37.3 Å². The number of hydrogen-bond donors (Lipinski definition) is 2. The number of nitrogens with one attached hydrogen (secondary N) is 2. The second-order valence-corrected chi connectivity index (χ2v) is 8.90. The molecule has 7 nitrogen and oxygen atoms in total. The van der Waals surface area contributed by atoms with Crippen LogP contribution in [0, 0.1) is 0 Å². The molecule has 1 aromatic carbocycles. The molecule has 3 aliphatic rings. The molecule has 7 heteroatoms. The molecule has 0 bridgehead atoms. The molecule has 2 aromatic rings. The summed E-state index contributed by atoms with van der Waals surface area (Å²) in [6.45, 7) is 8.83. The fraction of sp³-hybridized carbons (Fsp3) is 0.545. The highest BCUT2D eigenvalue weighted by Crippen LogP contribution is 2.46. The van der Waals surface area contributed by atoms with Crippen molar-refractivity contribution in [3.63, 3.8) is 0 Å². The first-order valence-electron chi connectivity index (χ1n) is 10.5. The lowest BCUT2D eigenvalue weighted by Gasteiger charge is -2.47. The van der Waals surface area contributed by atoms with Crippen LogP contribution in [0.4, 0.5) is 5.69 Å². The van der Waals surface area contributed by atoms with Gasteiger partial charge in [0.25, 0.3) is 5.91 Å². The van der Waals surface area contributed by atoms with Crippen LogP contribution in [-0.4, -0.2) is 39.8 Å². The summed E-state index contributed by atoms with van der Waals surface area (Å²) in [5, 5.41) is 6.86. The highest BCUT2D eigenvalue weighted by atomic mass is 16.5. The largest absolute Gasteiger partial charge is 0.497 e. The lowest BCUT2D eigenvalue weighted by atomic mass is 9.97. The van der Waals surface area contributed by atoms with Crippen LogP contribution in [0.2, 0.25) is 0 Å². The number of ether oxygens (including phenoxy) is 1. The maximum Gasteiger partial charge on any atom is 0.256 e. The van der Waals surface area contributed by atoms with E-state index in [4.69, 9.17) is 4.74 Å². The minimum Gasteiger partial charge on any atom is -0.497 e. The van der Waals surface area contributed by atoms with Crippen molar-refractivity contribution in [3.05, 3.63) is 41.0 Å². The molecular formula is C22H29N5O2. The summed E-state index contributed by atoms with van der Waals surface area (Å²) in [5.74, 6) is 2.13. The standard InChI is InChI=1S/C22H29N5O2/c1-13(2)20-23-11-15-12-26(7-8-27(15)20)22(3)24-18-10-16(29-4)9-17(14-5-6-14)19(18)21(28)25-22/h9-11,13-14,24H,5-8,12H2,1-4H3,(H,25,28). The van der Waals surface area contributed by atoms with Gasteiger partial charge >= 0.3 is 0 Å². The van der Waals surface area contributed by atoms with E-state index in [1.54, 1.807) is 7.11 Å². The molecule has 0 radical (unpaired) electrons. The van der Waals surface area contributed by atoms with Gasteiger partial charge in [-0.1, -0.05) is 13.8 Å². The fourth-order valence-corrected chi connectivity index (χ4v) is 4.71. The third-order valence-corrected chi connectivity index (χ3v) is 6.42.